The number of hydrogen-bond donors (Lipinski definition) is 2. The lowest BCUT2D eigenvalue weighted by Gasteiger charge is -2.12. The van der Waals surface area contributed by atoms with Crippen LogP contribution in [-0.2, 0) is 10.0 Å². The zero-order chi connectivity index (χ0) is 15.2. The summed E-state index contributed by atoms with van der Waals surface area (Å²) in [5, 5.41) is 9.63. The van der Waals surface area contributed by atoms with Gasteiger partial charge in [0.15, 0.2) is 0 Å². The molecule has 0 saturated heterocycles. The van der Waals surface area contributed by atoms with Gasteiger partial charge in [0.05, 0.1) is 6.26 Å². The first-order valence-corrected chi connectivity index (χ1v) is 8.66. The molecule has 1 rings (SSSR count). The first-order chi connectivity index (χ1) is 9.33. The van der Waals surface area contributed by atoms with Gasteiger partial charge < -0.3 is 5.11 Å². The predicted octanol–water partition coefficient (Wildman–Crippen LogP) is 2.82. The van der Waals surface area contributed by atoms with E-state index in [9.17, 15) is 13.5 Å². The number of nitrogens with one attached hydrogen (secondary N) is 1. The highest BCUT2D eigenvalue weighted by molar-refractivity contribution is 7.88. The molecule has 20 heavy (non-hydrogen) atoms. The Hall–Kier alpha value is -1.33. The predicted molar refractivity (Wildman–Crippen MR) is 83.2 cm³/mol. The first-order valence-electron chi connectivity index (χ1n) is 6.77. The highest BCUT2D eigenvalue weighted by Gasteiger charge is 2.08. The van der Waals surface area contributed by atoms with E-state index < -0.39 is 10.0 Å². The minimum absolute atomic E-state index is 0.226. The van der Waals surface area contributed by atoms with Gasteiger partial charge in [0.2, 0.25) is 10.0 Å². The molecular weight excluding hydrogens is 274 g/mol. The van der Waals surface area contributed by atoms with Gasteiger partial charge in [0.1, 0.15) is 5.75 Å². The third-order valence-electron chi connectivity index (χ3n) is 3.01. The van der Waals surface area contributed by atoms with Crippen molar-refractivity contribution in [1.82, 2.24) is 4.72 Å². The van der Waals surface area contributed by atoms with Crippen molar-refractivity contribution in [2.75, 3.05) is 12.8 Å². The van der Waals surface area contributed by atoms with Gasteiger partial charge in [-0.25, -0.2) is 13.1 Å². The Morgan fingerprint density at radius 2 is 2.10 bits per heavy atom. The van der Waals surface area contributed by atoms with Crippen LogP contribution in [0.1, 0.15) is 37.3 Å². The van der Waals surface area contributed by atoms with Crippen LogP contribution < -0.4 is 4.72 Å². The zero-order valence-corrected chi connectivity index (χ0v) is 13.1. The summed E-state index contributed by atoms with van der Waals surface area (Å²) in [6.07, 6.45) is 5.84. The SMILES string of the molecule is CCC/C=C(/CCNS(C)(=O)=O)c1cc(O)ccc1C. The van der Waals surface area contributed by atoms with Crippen LogP contribution in [0.3, 0.4) is 0 Å². The van der Waals surface area contributed by atoms with Gasteiger partial charge in [0.25, 0.3) is 0 Å². The fraction of sp³-hybridized carbons (Fsp3) is 0.467. The summed E-state index contributed by atoms with van der Waals surface area (Å²) in [7, 11) is -3.17. The molecule has 1 aromatic rings. The highest BCUT2D eigenvalue weighted by Crippen LogP contribution is 2.26. The number of benzene rings is 1. The minimum Gasteiger partial charge on any atom is -0.508 e. The highest BCUT2D eigenvalue weighted by atomic mass is 32.2. The van der Waals surface area contributed by atoms with E-state index in [1.165, 1.54) is 0 Å². The van der Waals surface area contributed by atoms with Crippen LogP contribution in [0, 0.1) is 6.92 Å². The van der Waals surface area contributed by atoms with Crippen LogP contribution in [-0.4, -0.2) is 26.3 Å². The second kappa shape index (κ2) is 7.45. The lowest BCUT2D eigenvalue weighted by Crippen LogP contribution is -2.23. The molecule has 0 bridgehead atoms. The lowest BCUT2D eigenvalue weighted by atomic mass is 9.96. The van der Waals surface area contributed by atoms with E-state index in [0.29, 0.717) is 13.0 Å². The van der Waals surface area contributed by atoms with Crippen LogP contribution in [0.2, 0.25) is 0 Å². The number of unbranched alkanes of at least 4 members (excludes halogenated alkanes) is 1. The topological polar surface area (TPSA) is 66.4 Å². The molecule has 0 heterocycles. The summed E-state index contributed by atoms with van der Waals surface area (Å²) in [6.45, 7) is 4.44. The van der Waals surface area contributed by atoms with E-state index in [1.54, 1.807) is 12.1 Å². The van der Waals surface area contributed by atoms with Gasteiger partial charge in [-0.05, 0) is 48.6 Å². The Balaban J connectivity index is 2.92. The van der Waals surface area contributed by atoms with E-state index in [0.717, 1.165) is 35.8 Å². The van der Waals surface area contributed by atoms with Gasteiger partial charge in [-0.2, -0.15) is 0 Å². The summed E-state index contributed by atoms with van der Waals surface area (Å²) < 4.78 is 24.7. The number of phenols is 1. The Bertz CT molecular complexity index is 577. The molecule has 5 heteroatoms. The second-order valence-corrected chi connectivity index (χ2v) is 6.77. The molecule has 0 unspecified atom stereocenters. The summed E-state index contributed by atoms with van der Waals surface area (Å²) in [4.78, 5) is 0. The molecule has 0 saturated carbocycles. The molecule has 0 radical (unpaired) electrons. The lowest BCUT2D eigenvalue weighted by molar-refractivity contribution is 0.475. The van der Waals surface area contributed by atoms with Crippen LogP contribution in [0.15, 0.2) is 24.3 Å². The van der Waals surface area contributed by atoms with E-state index >= 15 is 0 Å². The number of hydrogen-bond acceptors (Lipinski definition) is 3. The summed E-state index contributed by atoms with van der Waals surface area (Å²) in [6, 6.07) is 5.26. The quantitative estimate of drug-likeness (QED) is 0.813. The number of phenolic OH excluding ortho intramolecular Hbond substituents is 1. The van der Waals surface area contributed by atoms with E-state index in [1.807, 2.05) is 13.0 Å². The molecule has 0 fully saturated rings. The van der Waals surface area contributed by atoms with Crippen molar-refractivity contribution < 1.29 is 13.5 Å². The molecule has 0 atom stereocenters. The van der Waals surface area contributed by atoms with E-state index in [2.05, 4.69) is 17.7 Å². The van der Waals surface area contributed by atoms with Crippen molar-refractivity contribution in [2.24, 2.45) is 0 Å². The zero-order valence-electron chi connectivity index (χ0n) is 12.3. The number of rotatable bonds is 7. The first kappa shape index (κ1) is 16.7. The molecule has 112 valence electrons. The Kier molecular flexibility index (Phi) is 6.23. The van der Waals surface area contributed by atoms with Crippen LogP contribution in [0.5, 0.6) is 5.75 Å². The second-order valence-electron chi connectivity index (χ2n) is 4.93. The number of aryl methyl sites for hydroxylation is 1. The number of allylic oxidation sites excluding steroid dienone is 1. The van der Waals surface area contributed by atoms with Gasteiger partial charge in [-0.1, -0.05) is 25.5 Å². The summed E-state index contributed by atoms with van der Waals surface area (Å²) >= 11 is 0. The van der Waals surface area contributed by atoms with Crippen LogP contribution in [0.25, 0.3) is 5.57 Å². The minimum atomic E-state index is -3.17. The molecule has 0 aliphatic rings. The fourth-order valence-electron chi connectivity index (χ4n) is 1.99. The molecule has 0 spiro atoms. The van der Waals surface area contributed by atoms with Crippen LogP contribution in [0.4, 0.5) is 0 Å². The van der Waals surface area contributed by atoms with Crippen LogP contribution >= 0.6 is 0 Å². The average Bonchev–Trinajstić information content (AvgIpc) is 2.35. The van der Waals surface area contributed by atoms with Gasteiger partial charge in [-0.3, -0.25) is 0 Å². The summed E-state index contributed by atoms with van der Waals surface area (Å²) in [5.74, 6) is 0.226. The Labute approximate surface area is 121 Å². The molecule has 0 aliphatic carbocycles. The van der Waals surface area contributed by atoms with Crippen molar-refractivity contribution in [1.29, 1.82) is 0 Å². The molecule has 1 aromatic carbocycles. The normalized spacial score (nSPS) is 12.7. The fourth-order valence-corrected chi connectivity index (χ4v) is 2.47. The molecule has 0 aromatic heterocycles. The average molecular weight is 297 g/mol. The maximum atomic E-state index is 11.1. The third-order valence-corrected chi connectivity index (χ3v) is 3.73. The smallest absolute Gasteiger partial charge is 0.208 e. The van der Waals surface area contributed by atoms with E-state index in [-0.39, 0.29) is 5.75 Å². The number of sulfonamides is 1. The van der Waals surface area contributed by atoms with Crippen molar-refractivity contribution in [2.45, 2.75) is 33.1 Å². The molecular formula is C15H23NO3S. The van der Waals surface area contributed by atoms with E-state index in [4.69, 9.17) is 0 Å². The third kappa shape index (κ3) is 5.75. The summed E-state index contributed by atoms with van der Waals surface area (Å²) in [5.41, 5.74) is 3.12. The van der Waals surface area contributed by atoms with Gasteiger partial charge in [0, 0.05) is 6.54 Å². The monoisotopic (exact) mass is 297 g/mol. The molecule has 0 amide bonds. The maximum Gasteiger partial charge on any atom is 0.208 e. The van der Waals surface area contributed by atoms with Gasteiger partial charge in [-0.15, -0.1) is 0 Å². The molecule has 0 aliphatic heterocycles. The van der Waals surface area contributed by atoms with Gasteiger partial charge >= 0.3 is 0 Å². The van der Waals surface area contributed by atoms with Crippen molar-refractivity contribution in [3.8, 4) is 5.75 Å². The molecule has 4 nitrogen and oxygen atoms in total. The molecule has 2 N–H and O–H groups in total. The Morgan fingerprint density at radius 1 is 1.40 bits per heavy atom. The standard InChI is InChI=1S/C15H23NO3S/c1-4-5-6-13(9-10-16-20(3,18)19)15-11-14(17)8-7-12(15)2/h6-8,11,16-17H,4-5,9-10H2,1-3H3/b13-6-. The maximum absolute atomic E-state index is 11.1. The van der Waals surface area contributed by atoms with Crippen molar-refractivity contribution >= 4 is 15.6 Å². The van der Waals surface area contributed by atoms with Crippen molar-refractivity contribution in [3.63, 3.8) is 0 Å². The number of aromatic hydroxyl groups is 1. The Morgan fingerprint density at radius 3 is 2.70 bits per heavy atom. The largest absolute Gasteiger partial charge is 0.508 e. The van der Waals surface area contributed by atoms with Crippen molar-refractivity contribution in [3.05, 3.63) is 35.4 Å².